The number of hydrogen-bond acceptors (Lipinski definition) is 4. The molecule has 5 heteroatoms. The van der Waals surface area contributed by atoms with E-state index in [9.17, 15) is 14.7 Å². The Morgan fingerprint density at radius 1 is 1.00 bits per heavy atom. The third-order valence-electron chi connectivity index (χ3n) is 6.58. The van der Waals surface area contributed by atoms with Crippen LogP contribution in [0.5, 0.6) is 5.75 Å². The van der Waals surface area contributed by atoms with Crippen LogP contribution in [0.1, 0.15) is 50.7 Å². The lowest BCUT2D eigenvalue weighted by Gasteiger charge is -2.42. The lowest BCUT2D eigenvalue weighted by molar-refractivity contribution is -0.136. The van der Waals surface area contributed by atoms with E-state index in [1.807, 2.05) is 42.5 Å². The van der Waals surface area contributed by atoms with Crippen LogP contribution >= 0.6 is 0 Å². The maximum atomic E-state index is 12.2. The Bertz CT molecular complexity index is 859. The number of aromatic hydroxyl groups is 1. The number of rotatable bonds is 8. The van der Waals surface area contributed by atoms with Gasteiger partial charge in [0.25, 0.3) is 0 Å². The SMILES string of the molecule is CN(CCc1ccc(O)cc1)C(C)(C)CCC1(c2ccccc2)CC(=O)NC(=O)C1. The van der Waals surface area contributed by atoms with E-state index in [-0.39, 0.29) is 23.1 Å². The molecule has 1 fully saturated rings. The summed E-state index contributed by atoms with van der Waals surface area (Å²) in [6.07, 6.45) is 3.22. The Balaban J connectivity index is 1.69. The molecule has 0 atom stereocenters. The Labute approximate surface area is 179 Å². The smallest absolute Gasteiger partial charge is 0.227 e. The molecule has 0 radical (unpaired) electrons. The summed E-state index contributed by atoms with van der Waals surface area (Å²) in [5, 5.41) is 11.9. The number of phenols is 1. The third kappa shape index (κ3) is 5.28. The van der Waals surface area contributed by atoms with E-state index < -0.39 is 5.41 Å². The molecule has 2 N–H and O–H groups in total. The van der Waals surface area contributed by atoms with Gasteiger partial charge in [0.15, 0.2) is 0 Å². The van der Waals surface area contributed by atoms with Gasteiger partial charge in [-0.1, -0.05) is 42.5 Å². The van der Waals surface area contributed by atoms with Crippen molar-refractivity contribution in [3.8, 4) is 5.75 Å². The molecule has 1 heterocycles. The van der Waals surface area contributed by atoms with E-state index >= 15 is 0 Å². The summed E-state index contributed by atoms with van der Waals surface area (Å²) < 4.78 is 0. The molecule has 0 spiro atoms. The van der Waals surface area contributed by atoms with Gasteiger partial charge in [-0.15, -0.1) is 0 Å². The van der Waals surface area contributed by atoms with Crippen molar-refractivity contribution in [2.75, 3.05) is 13.6 Å². The molecule has 0 unspecified atom stereocenters. The maximum absolute atomic E-state index is 12.2. The van der Waals surface area contributed by atoms with Crippen LogP contribution in [-0.2, 0) is 21.4 Å². The molecule has 5 nitrogen and oxygen atoms in total. The topological polar surface area (TPSA) is 69.6 Å². The van der Waals surface area contributed by atoms with E-state index in [0.29, 0.717) is 12.8 Å². The minimum absolute atomic E-state index is 0.0876. The number of phenolic OH excluding ortho intramolecular Hbond substituents is 1. The number of piperidine rings is 1. The zero-order valence-electron chi connectivity index (χ0n) is 18.1. The van der Waals surface area contributed by atoms with Crippen molar-refractivity contribution in [3.05, 3.63) is 65.7 Å². The largest absolute Gasteiger partial charge is 0.508 e. The Hall–Kier alpha value is -2.66. The van der Waals surface area contributed by atoms with Gasteiger partial charge in [0.2, 0.25) is 11.8 Å². The minimum atomic E-state index is -0.449. The molecule has 0 aliphatic carbocycles. The molecular formula is C25H32N2O3. The average Bonchev–Trinajstić information content (AvgIpc) is 2.71. The molecule has 2 aromatic rings. The standard InChI is InChI=1S/C25H32N2O3/c1-24(2,27(3)16-13-19-9-11-21(28)12-10-19)14-15-25(20-7-5-4-6-8-20)17-22(29)26-23(30)18-25/h4-12,28H,13-18H2,1-3H3,(H,26,29,30). The van der Waals surface area contributed by atoms with Crippen molar-refractivity contribution >= 4 is 11.8 Å². The number of carbonyl (C=O) groups is 2. The number of nitrogens with one attached hydrogen (secondary N) is 1. The van der Waals surface area contributed by atoms with Crippen LogP contribution in [0.25, 0.3) is 0 Å². The van der Waals surface area contributed by atoms with Crippen LogP contribution < -0.4 is 5.32 Å². The molecular weight excluding hydrogens is 376 g/mol. The first-order chi connectivity index (χ1) is 14.2. The predicted octanol–water partition coefficient (Wildman–Crippen LogP) is 3.80. The fourth-order valence-electron chi connectivity index (χ4n) is 4.24. The van der Waals surface area contributed by atoms with Crippen molar-refractivity contribution in [2.45, 2.75) is 56.9 Å². The lowest BCUT2D eigenvalue weighted by Crippen LogP contribution is -2.49. The molecule has 2 aromatic carbocycles. The summed E-state index contributed by atoms with van der Waals surface area (Å²) in [6, 6.07) is 17.3. The molecule has 0 aromatic heterocycles. The highest BCUT2D eigenvalue weighted by Gasteiger charge is 2.42. The van der Waals surface area contributed by atoms with Gasteiger partial charge < -0.3 is 10.0 Å². The summed E-state index contributed by atoms with van der Waals surface area (Å²) in [5.74, 6) is -0.0908. The van der Waals surface area contributed by atoms with Gasteiger partial charge in [-0.2, -0.15) is 0 Å². The summed E-state index contributed by atoms with van der Waals surface area (Å²) in [6.45, 7) is 5.32. The maximum Gasteiger partial charge on any atom is 0.227 e. The molecule has 0 saturated carbocycles. The van der Waals surface area contributed by atoms with Crippen LogP contribution in [-0.4, -0.2) is 41.0 Å². The fourth-order valence-corrected chi connectivity index (χ4v) is 4.24. The van der Waals surface area contributed by atoms with Crippen molar-refractivity contribution in [1.82, 2.24) is 10.2 Å². The van der Waals surface area contributed by atoms with Crippen LogP contribution in [0.4, 0.5) is 0 Å². The predicted molar refractivity (Wildman–Crippen MR) is 118 cm³/mol. The minimum Gasteiger partial charge on any atom is -0.508 e. The number of nitrogens with zero attached hydrogens (tertiary/aromatic N) is 1. The van der Waals surface area contributed by atoms with E-state index in [1.54, 1.807) is 12.1 Å². The summed E-state index contributed by atoms with van der Waals surface area (Å²) in [4.78, 5) is 26.8. The van der Waals surface area contributed by atoms with Crippen molar-refractivity contribution in [2.24, 2.45) is 0 Å². The van der Waals surface area contributed by atoms with Gasteiger partial charge in [0.05, 0.1) is 0 Å². The number of likely N-dealkylation sites (N-methyl/N-ethyl adjacent to an activating group) is 1. The van der Waals surface area contributed by atoms with Gasteiger partial charge in [0, 0.05) is 30.3 Å². The van der Waals surface area contributed by atoms with Crippen molar-refractivity contribution in [3.63, 3.8) is 0 Å². The zero-order valence-corrected chi connectivity index (χ0v) is 18.1. The second-order valence-electron chi connectivity index (χ2n) is 9.12. The number of hydrogen-bond donors (Lipinski definition) is 2. The number of benzene rings is 2. The monoisotopic (exact) mass is 408 g/mol. The molecule has 1 saturated heterocycles. The van der Waals surface area contributed by atoms with E-state index in [0.717, 1.165) is 31.4 Å². The zero-order chi connectivity index (χ0) is 21.8. The third-order valence-corrected chi connectivity index (χ3v) is 6.58. The van der Waals surface area contributed by atoms with Crippen molar-refractivity contribution in [1.29, 1.82) is 0 Å². The molecule has 30 heavy (non-hydrogen) atoms. The van der Waals surface area contributed by atoms with Crippen LogP contribution in [0, 0.1) is 0 Å². The Kier molecular flexibility index (Phi) is 6.61. The van der Waals surface area contributed by atoms with Gasteiger partial charge in [-0.25, -0.2) is 0 Å². The van der Waals surface area contributed by atoms with Crippen LogP contribution in [0.3, 0.4) is 0 Å². The first-order valence-corrected chi connectivity index (χ1v) is 10.6. The summed E-state index contributed by atoms with van der Waals surface area (Å²) in [5.41, 5.74) is 1.72. The van der Waals surface area contributed by atoms with Gasteiger partial charge >= 0.3 is 0 Å². The molecule has 2 amide bonds. The van der Waals surface area contributed by atoms with E-state index in [1.165, 1.54) is 5.56 Å². The molecule has 3 rings (SSSR count). The second kappa shape index (κ2) is 9.00. The Morgan fingerprint density at radius 3 is 2.20 bits per heavy atom. The highest BCUT2D eigenvalue weighted by molar-refractivity contribution is 5.99. The Morgan fingerprint density at radius 2 is 1.60 bits per heavy atom. The second-order valence-corrected chi connectivity index (χ2v) is 9.12. The molecule has 160 valence electrons. The molecule has 1 aliphatic heterocycles. The van der Waals surface area contributed by atoms with E-state index in [4.69, 9.17) is 0 Å². The molecule has 0 bridgehead atoms. The summed E-state index contributed by atoms with van der Waals surface area (Å²) >= 11 is 0. The molecule has 1 aliphatic rings. The van der Waals surface area contributed by atoms with E-state index in [2.05, 4.69) is 31.1 Å². The van der Waals surface area contributed by atoms with Crippen LogP contribution in [0.2, 0.25) is 0 Å². The number of carbonyl (C=O) groups excluding carboxylic acids is 2. The number of amides is 2. The first kappa shape index (κ1) is 22.0. The van der Waals surface area contributed by atoms with Crippen LogP contribution in [0.15, 0.2) is 54.6 Å². The quantitative estimate of drug-likeness (QED) is 0.652. The van der Waals surface area contributed by atoms with Gasteiger partial charge in [-0.3, -0.25) is 14.9 Å². The highest BCUT2D eigenvalue weighted by atomic mass is 16.3. The first-order valence-electron chi connectivity index (χ1n) is 10.6. The summed E-state index contributed by atoms with van der Waals surface area (Å²) in [7, 11) is 2.12. The van der Waals surface area contributed by atoms with Gasteiger partial charge in [-0.05, 0) is 63.4 Å². The lowest BCUT2D eigenvalue weighted by atomic mass is 9.68. The highest BCUT2D eigenvalue weighted by Crippen LogP contribution is 2.40. The normalized spacial score (nSPS) is 16.5. The van der Waals surface area contributed by atoms with Crippen molar-refractivity contribution < 1.29 is 14.7 Å². The fraction of sp³-hybridized carbons (Fsp3) is 0.440. The van der Waals surface area contributed by atoms with Gasteiger partial charge in [0.1, 0.15) is 5.75 Å². The average molecular weight is 409 g/mol. The number of imide groups is 1.